The fourth-order valence-electron chi connectivity index (χ4n) is 3.28. The second-order valence-electron chi connectivity index (χ2n) is 6.95. The topological polar surface area (TPSA) is 105 Å². The molecule has 0 saturated heterocycles. The van der Waals surface area contributed by atoms with Crippen LogP contribution in [0.4, 0.5) is 19.0 Å². The zero-order valence-electron chi connectivity index (χ0n) is 15.2. The SMILES string of the molecule is Cc1cc(C(F)(F)F)cc(O)c1-c1cnc(C=NC2CCC(O)CC2)c(N)n1. The Morgan fingerprint density at radius 2 is 1.89 bits per heavy atom. The summed E-state index contributed by atoms with van der Waals surface area (Å²) in [6.45, 7) is 1.45. The molecule has 1 aromatic heterocycles. The van der Waals surface area contributed by atoms with Gasteiger partial charge < -0.3 is 15.9 Å². The molecule has 0 radical (unpaired) electrons. The average Bonchev–Trinajstić information content (AvgIpc) is 2.61. The highest BCUT2D eigenvalue weighted by Crippen LogP contribution is 2.38. The Morgan fingerprint density at radius 3 is 2.46 bits per heavy atom. The molecule has 0 atom stereocenters. The van der Waals surface area contributed by atoms with Crippen LogP contribution < -0.4 is 5.73 Å². The molecular weight excluding hydrogens is 373 g/mol. The number of halogens is 3. The molecule has 1 heterocycles. The maximum absolute atomic E-state index is 12.9. The predicted molar refractivity (Wildman–Crippen MR) is 99.1 cm³/mol. The van der Waals surface area contributed by atoms with Gasteiger partial charge in [0.25, 0.3) is 0 Å². The van der Waals surface area contributed by atoms with E-state index in [9.17, 15) is 23.4 Å². The van der Waals surface area contributed by atoms with Gasteiger partial charge in [-0.3, -0.25) is 4.99 Å². The first-order valence-electron chi connectivity index (χ1n) is 8.90. The van der Waals surface area contributed by atoms with Gasteiger partial charge in [-0.2, -0.15) is 13.2 Å². The summed E-state index contributed by atoms with van der Waals surface area (Å²) in [5.41, 5.74) is 5.88. The summed E-state index contributed by atoms with van der Waals surface area (Å²) in [5.74, 6) is -0.473. The molecule has 1 fully saturated rings. The van der Waals surface area contributed by atoms with Crippen LogP contribution in [0.3, 0.4) is 0 Å². The lowest BCUT2D eigenvalue weighted by Crippen LogP contribution is -2.20. The lowest BCUT2D eigenvalue weighted by molar-refractivity contribution is -0.137. The third-order valence-corrected chi connectivity index (χ3v) is 4.80. The minimum Gasteiger partial charge on any atom is -0.507 e. The van der Waals surface area contributed by atoms with Crippen molar-refractivity contribution in [2.45, 2.75) is 50.9 Å². The number of aliphatic imine (C=N–C) groups is 1. The van der Waals surface area contributed by atoms with Crippen molar-refractivity contribution in [3.8, 4) is 17.0 Å². The van der Waals surface area contributed by atoms with Crippen LogP contribution in [0.2, 0.25) is 0 Å². The molecule has 2 aromatic rings. The molecular formula is C19H21F3N4O2. The molecule has 0 aliphatic heterocycles. The van der Waals surface area contributed by atoms with Crippen LogP contribution in [-0.4, -0.2) is 38.5 Å². The molecule has 1 saturated carbocycles. The molecule has 6 nitrogen and oxygen atoms in total. The van der Waals surface area contributed by atoms with E-state index in [4.69, 9.17) is 5.73 Å². The van der Waals surface area contributed by atoms with Gasteiger partial charge in [-0.1, -0.05) is 0 Å². The predicted octanol–water partition coefficient (Wildman–Crippen LogP) is 3.48. The van der Waals surface area contributed by atoms with Gasteiger partial charge in [0.05, 0.1) is 35.8 Å². The largest absolute Gasteiger partial charge is 0.507 e. The zero-order chi connectivity index (χ0) is 20.5. The molecule has 0 unspecified atom stereocenters. The number of hydrogen-bond acceptors (Lipinski definition) is 6. The number of nitrogens with two attached hydrogens (primary N) is 1. The highest BCUT2D eigenvalue weighted by molar-refractivity contribution is 5.84. The van der Waals surface area contributed by atoms with Crippen molar-refractivity contribution in [1.82, 2.24) is 9.97 Å². The van der Waals surface area contributed by atoms with Crippen LogP contribution in [0, 0.1) is 6.92 Å². The Balaban J connectivity index is 1.85. The normalized spacial score (nSPS) is 20.6. The summed E-state index contributed by atoms with van der Waals surface area (Å²) in [5, 5.41) is 19.6. The van der Waals surface area contributed by atoms with Crippen molar-refractivity contribution in [2.75, 3.05) is 5.73 Å². The Bertz CT molecular complexity index is 868. The number of aliphatic hydroxyl groups is 1. The number of alkyl halides is 3. The Hall–Kier alpha value is -2.68. The Morgan fingerprint density at radius 1 is 1.21 bits per heavy atom. The van der Waals surface area contributed by atoms with E-state index in [2.05, 4.69) is 15.0 Å². The molecule has 1 aliphatic carbocycles. The first-order valence-corrected chi connectivity index (χ1v) is 8.90. The smallest absolute Gasteiger partial charge is 0.416 e. The molecule has 0 amide bonds. The van der Waals surface area contributed by atoms with Gasteiger partial charge >= 0.3 is 6.18 Å². The van der Waals surface area contributed by atoms with Gasteiger partial charge in [0.1, 0.15) is 11.4 Å². The van der Waals surface area contributed by atoms with Gasteiger partial charge in [0.2, 0.25) is 0 Å². The lowest BCUT2D eigenvalue weighted by atomic mass is 9.94. The first-order chi connectivity index (χ1) is 13.1. The number of rotatable bonds is 3. The van der Waals surface area contributed by atoms with Gasteiger partial charge in [-0.25, -0.2) is 9.97 Å². The highest BCUT2D eigenvalue weighted by Gasteiger charge is 2.32. The van der Waals surface area contributed by atoms with Crippen LogP contribution in [0.1, 0.15) is 42.5 Å². The summed E-state index contributed by atoms with van der Waals surface area (Å²) in [6, 6.07) is 1.69. The number of phenolic OH excluding ortho intramolecular Hbond substituents is 1. The van der Waals surface area contributed by atoms with E-state index in [0.717, 1.165) is 18.9 Å². The van der Waals surface area contributed by atoms with Crippen LogP contribution in [0.15, 0.2) is 23.3 Å². The first kappa shape index (κ1) is 20.1. The number of phenols is 1. The Kier molecular flexibility index (Phi) is 5.55. The summed E-state index contributed by atoms with van der Waals surface area (Å²) >= 11 is 0. The summed E-state index contributed by atoms with van der Waals surface area (Å²) in [7, 11) is 0. The molecule has 3 rings (SSSR count). The number of aryl methyl sites for hydroxylation is 1. The lowest BCUT2D eigenvalue weighted by Gasteiger charge is -2.22. The molecule has 0 bridgehead atoms. The summed E-state index contributed by atoms with van der Waals surface area (Å²) in [4.78, 5) is 12.8. The molecule has 1 aliphatic rings. The fraction of sp³-hybridized carbons (Fsp3) is 0.421. The number of aliphatic hydroxyl groups excluding tert-OH is 1. The van der Waals surface area contributed by atoms with E-state index in [1.165, 1.54) is 19.3 Å². The number of nitrogens with zero attached hydrogens (tertiary/aromatic N) is 3. The van der Waals surface area contributed by atoms with Crippen molar-refractivity contribution in [3.63, 3.8) is 0 Å². The average molecular weight is 394 g/mol. The molecule has 4 N–H and O–H groups in total. The number of aromatic hydroxyl groups is 1. The quantitative estimate of drug-likeness (QED) is 0.692. The summed E-state index contributed by atoms with van der Waals surface area (Å²) in [6.07, 6.45) is 1.01. The van der Waals surface area contributed by atoms with Gasteiger partial charge in [0, 0.05) is 5.56 Å². The second-order valence-corrected chi connectivity index (χ2v) is 6.95. The number of benzene rings is 1. The monoisotopic (exact) mass is 394 g/mol. The summed E-state index contributed by atoms with van der Waals surface area (Å²) < 4.78 is 38.6. The van der Waals surface area contributed by atoms with Gasteiger partial charge in [0.15, 0.2) is 5.82 Å². The second kappa shape index (κ2) is 7.75. The standard InChI is InChI=1S/C19H21F3N4O2/c1-10-6-11(19(20,21)22)7-16(28)17(10)14-8-25-15(18(23)26-14)9-24-12-2-4-13(27)5-3-12/h6-9,12-13,27-28H,2-5H2,1H3,(H2,23,26). The van der Waals surface area contributed by atoms with Gasteiger partial charge in [-0.05, 0) is 50.3 Å². The number of anilines is 1. The third-order valence-electron chi connectivity index (χ3n) is 4.80. The van der Waals surface area contributed by atoms with E-state index in [1.54, 1.807) is 0 Å². The minimum atomic E-state index is -4.55. The van der Waals surface area contributed by atoms with Crippen molar-refractivity contribution in [1.29, 1.82) is 0 Å². The number of hydrogen-bond donors (Lipinski definition) is 3. The maximum Gasteiger partial charge on any atom is 0.416 e. The fourth-order valence-corrected chi connectivity index (χ4v) is 3.28. The van der Waals surface area contributed by atoms with Crippen molar-refractivity contribution in [3.05, 3.63) is 35.2 Å². The molecule has 0 spiro atoms. The van der Waals surface area contributed by atoms with Crippen molar-refractivity contribution >= 4 is 12.0 Å². The van der Waals surface area contributed by atoms with Crippen molar-refractivity contribution < 1.29 is 23.4 Å². The maximum atomic E-state index is 12.9. The van der Waals surface area contributed by atoms with Gasteiger partial charge in [-0.15, -0.1) is 0 Å². The van der Waals surface area contributed by atoms with Crippen LogP contribution in [0.25, 0.3) is 11.3 Å². The van der Waals surface area contributed by atoms with E-state index < -0.39 is 17.5 Å². The number of aromatic nitrogens is 2. The molecule has 1 aromatic carbocycles. The van der Waals surface area contributed by atoms with Crippen LogP contribution in [0.5, 0.6) is 5.75 Å². The van der Waals surface area contributed by atoms with E-state index in [-0.39, 0.29) is 34.8 Å². The zero-order valence-corrected chi connectivity index (χ0v) is 15.2. The minimum absolute atomic E-state index is 0.0655. The van der Waals surface area contributed by atoms with E-state index in [1.807, 2.05) is 0 Å². The molecule has 150 valence electrons. The molecule has 9 heteroatoms. The van der Waals surface area contributed by atoms with E-state index >= 15 is 0 Å². The number of nitrogen functional groups attached to an aromatic ring is 1. The van der Waals surface area contributed by atoms with Crippen LogP contribution in [-0.2, 0) is 6.18 Å². The molecule has 28 heavy (non-hydrogen) atoms. The Labute approximate surface area is 160 Å². The third kappa shape index (κ3) is 4.41. The van der Waals surface area contributed by atoms with E-state index in [0.29, 0.717) is 24.6 Å². The van der Waals surface area contributed by atoms with Crippen molar-refractivity contribution in [2.24, 2.45) is 4.99 Å². The highest BCUT2D eigenvalue weighted by atomic mass is 19.4. The van der Waals surface area contributed by atoms with Crippen LogP contribution >= 0.6 is 0 Å².